The van der Waals surface area contributed by atoms with Crippen LogP contribution in [-0.4, -0.2) is 47.9 Å². The minimum atomic E-state index is -4.32. The predicted molar refractivity (Wildman–Crippen MR) is 106 cm³/mol. The topological polar surface area (TPSA) is 47.3 Å². The molecule has 1 aromatic rings. The summed E-state index contributed by atoms with van der Waals surface area (Å²) in [5, 5.41) is 9.07. The van der Waals surface area contributed by atoms with Crippen molar-refractivity contribution in [3.8, 4) is 6.07 Å². The van der Waals surface area contributed by atoms with Crippen LogP contribution in [0.15, 0.2) is 24.3 Å². The molecule has 30 heavy (non-hydrogen) atoms. The van der Waals surface area contributed by atoms with E-state index in [1.165, 1.54) is 0 Å². The molecule has 2 heterocycles. The molecule has 3 aliphatic rings. The van der Waals surface area contributed by atoms with Crippen LogP contribution in [0.1, 0.15) is 55.6 Å². The number of amides is 1. The standard InChI is InChI=1S/C23H28F3N3O/c24-23(25,26)20-5-3-17(4-6-20)18-9-12-29(14-18)22(30)19-10-11-28(15-19)21-7-1-16(13-27)2-8-21/h3-6,16,18-19,21H,1-2,7-12,14-15H2. The summed E-state index contributed by atoms with van der Waals surface area (Å²) in [4.78, 5) is 17.4. The van der Waals surface area contributed by atoms with E-state index in [0.29, 0.717) is 19.1 Å². The zero-order valence-electron chi connectivity index (χ0n) is 17.1. The fourth-order valence-electron chi connectivity index (χ4n) is 5.33. The number of likely N-dealkylation sites (tertiary alicyclic amines) is 2. The maximum atomic E-state index is 13.0. The van der Waals surface area contributed by atoms with Crippen molar-refractivity contribution >= 4 is 5.91 Å². The maximum Gasteiger partial charge on any atom is 0.416 e. The summed E-state index contributed by atoms with van der Waals surface area (Å²) in [5.74, 6) is 0.505. The average Bonchev–Trinajstić information content (AvgIpc) is 3.43. The Morgan fingerprint density at radius 1 is 0.967 bits per heavy atom. The van der Waals surface area contributed by atoms with Gasteiger partial charge in [0, 0.05) is 37.5 Å². The number of hydrogen-bond donors (Lipinski definition) is 0. The molecule has 1 amide bonds. The Morgan fingerprint density at radius 2 is 1.67 bits per heavy atom. The fourth-order valence-corrected chi connectivity index (χ4v) is 5.33. The van der Waals surface area contributed by atoms with E-state index in [4.69, 9.17) is 5.26 Å². The van der Waals surface area contributed by atoms with Gasteiger partial charge in [0.2, 0.25) is 5.91 Å². The van der Waals surface area contributed by atoms with Gasteiger partial charge in [-0.1, -0.05) is 12.1 Å². The van der Waals surface area contributed by atoms with Crippen molar-refractivity contribution in [2.24, 2.45) is 11.8 Å². The zero-order chi connectivity index (χ0) is 21.3. The number of halogens is 3. The lowest BCUT2D eigenvalue weighted by molar-refractivity contribution is -0.137. The number of nitriles is 1. The Balaban J connectivity index is 1.29. The quantitative estimate of drug-likeness (QED) is 0.728. The van der Waals surface area contributed by atoms with Gasteiger partial charge in [0.15, 0.2) is 0 Å². The number of carbonyl (C=O) groups excluding carboxylic acids is 1. The third-order valence-electron chi connectivity index (χ3n) is 7.17. The lowest BCUT2D eigenvalue weighted by atomic mass is 9.86. The molecule has 0 bridgehead atoms. The Labute approximate surface area is 175 Å². The molecule has 0 aromatic heterocycles. The molecule has 0 N–H and O–H groups in total. The molecule has 4 nitrogen and oxygen atoms in total. The van der Waals surface area contributed by atoms with E-state index in [9.17, 15) is 18.0 Å². The van der Waals surface area contributed by atoms with Crippen LogP contribution >= 0.6 is 0 Å². The minimum Gasteiger partial charge on any atom is -0.342 e. The molecule has 1 aliphatic carbocycles. The molecule has 4 rings (SSSR count). The van der Waals surface area contributed by atoms with Crippen molar-refractivity contribution < 1.29 is 18.0 Å². The first-order valence-corrected chi connectivity index (χ1v) is 10.9. The van der Waals surface area contributed by atoms with E-state index < -0.39 is 11.7 Å². The summed E-state index contributed by atoms with van der Waals surface area (Å²) in [6, 6.07) is 8.24. The minimum absolute atomic E-state index is 0.0186. The second-order valence-electron chi connectivity index (χ2n) is 9.00. The monoisotopic (exact) mass is 419 g/mol. The summed E-state index contributed by atoms with van der Waals surface area (Å²) in [6.45, 7) is 3.00. The highest BCUT2D eigenvalue weighted by molar-refractivity contribution is 5.79. The molecule has 0 radical (unpaired) electrons. The molecule has 1 aromatic carbocycles. The van der Waals surface area contributed by atoms with Crippen molar-refractivity contribution in [3.05, 3.63) is 35.4 Å². The van der Waals surface area contributed by atoms with E-state index in [2.05, 4.69) is 11.0 Å². The van der Waals surface area contributed by atoms with Gasteiger partial charge in [0.1, 0.15) is 0 Å². The van der Waals surface area contributed by atoms with Crippen LogP contribution in [0.5, 0.6) is 0 Å². The second kappa shape index (κ2) is 8.58. The molecule has 1 saturated carbocycles. The number of nitrogens with zero attached hydrogens (tertiary/aromatic N) is 3. The Morgan fingerprint density at radius 3 is 2.30 bits per heavy atom. The molecule has 0 spiro atoms. The Kier molecular flexibility index (Phi) is 6.06. The normalized spacial score (nSPS) is 30.4. The van der Waals surface area contributed by atoms with Gasteiger partial charge in [0.25, 0.3) is 0 Å². The summed E-state index contributed by atoms with van der Waals surface area (Å²) in [6.07, 6.45) is 1.34. The summed E-state index contributed by atoms with van der Waals surface area (Å²) < 4.78 is 38.3. The Bertz CT molecular complexity index is 793. The second-order valence-corrected chi connectivity index (χ2v) is 9.00. The largest absolute Gasteiger partial charge is 0.416 e. The molecule has 3 fully saturated rings. The first kappa shape index (κ1) is 21.2. The number of alkyl halides is 3. The van der Waals surface area contributed by atoms with Crippen LogP contribution in [-0.2, 0) is 11.0 Å². The molecule has 2 aliphatic heterocycles. The number of benzene rings is 1. The zero-order valence-corrected chi connectivity index (χ0v) is 17.1. The van der Waals surface area contributed by atoms with Crippen molar-refractivity contribution in [2.75, 3.05) is 26.2 Å². The first-order chi connectivity index (χ1) is 14.3. The molecule has 2 saturated heterocycles. The third kappa shape index (κ3) is 4.49. The van der Waals surface area contributed by atoms with Crippen LogP contribution in [0.4, 0.5) is 13.2 Å². The van der Waals surface area contributed by atoms with Crippen LogP contribution in [0.2, 0.25) is 0 Å². The number of carbonyl (C=O) groups is 1. The highest BCUT2D eigenvalue weighted by Crippen LogP contribution is 2.35. The SMILES string of the molecule is N#CC1CCC(N2CCC(C(=O)N3CCC(c4ccc(C(F)(F)F)cc4)C3)C2)CC1. The van der Waals surface area contributed by atoms with Crippen LogP contribution in [0, 0.1) is 23.2 Å². The van der Waals surface area contributed by atoms with Crippen molar-refractivity contribution in [3.63, 3.8) is 0 Å². The molecular weight excluding hydrogens is 391 g/mol. The molecule has 7 heteroatoms. The van der Waals surface area contributed by atoms with E-state index in [1.807, 2.05) is 4.90 Å². The van der Waals surface area contributed by atoms with Gasteiger partial charge in [-0.25, -0.2) is 0 Å². The lowest BCUT2D eigenvalue weighted by Gasteiger charge is -2.32. The highest BCUT2D eigenvalue weighted by atomic mass is 19.4. The third-order valence-corrected chi connectivity index (χ3v) is 7.17. The van der Waals surface area contributed by atoms with Crippen LogP contribution in [0.3, 0.4) is 0 Å². The Hall–Kier alpha value is -2.07. The molecule has 162 valence electrons. The van der Waals surface area contributed by atoms with E-state index in [-0.39, 0.29) is 23.7 Å². The van der Waals surface area contributed by atoms with E-state index in [0.717, 1.165) is 69.3 Å². The van der Waals surface area contributed by atoms with Crippen molar-refractivity contribution in [1.82, 2.24) is 9.80 Å². The lowest BCUT2D eigenvalue weighted by Crippen LogP contribution is -2.39. The van der Waals surface area contributed by atoms with Gasteiger partial charge < -0.3 is 4.90 Å². The van der Waals surface area contributed by atoms with Crippen LogP contribution < -0.4 is 0 Å². The molecular formula is C23H28F3N3O. The van der Waals surface area contributed by atoms with Crippen molar-refractivity contribution in [1.29, 1.82) is 5.26 Å². The van der Waals surface area contributed by atoms with E-state index in [1.54, 1.807) is 12.1 Å². The molecule has 2 atom stereocenters. The number of hydrogen-bond acceptors (Lipinski definition) is 3. The predicted octanol–water partition coefficient (Wildman–Crippen LogP) is 4.43. The summed E-state index contributed by atoms with van der Waals surface area (Å²) >= 11 is 0. The van der Waals surface area contributed by atoms with Gasteiger partial charge in [-0.2, -0.15) is 18.4 Å². The van der Waals surface area contributed by atoms with Crippen LogP contribution in [0.25, 0.3) is 0 Å². The van der Waals surface area contributed by atoms with Gasteiger partial charge in [-0.15, -0.1) is 0 Å². The molecule has 2 unspecified atom stereocenters. The summed E-state index contributed by atoms with van der Waals surface area (Å²) in [7, 11) is 0. The van der Waals surface area contributed by atoms with Gasteiger partial charge >= 0.3 is 6.18 Å². The average molecular weight is 419 g/mol. The first-order valence-electron chi connectivity index (χ1n) is 10.9. The van der Waals surface area contributed by atoms with Gasteiger partial charge in [-0.05, 0) is 62.8 Å². The van der Waals surface area contributed by atoms with Gasteiger partial charge in [-0.3, -0.25) is 9.69 Å². The number of rotatable bonds is 3. The fraction of sp³-hybridized carbons (Fsp3) is 0.652. The van der Waals surface area contributed by atoms with E-state index >= 15 is 0 Å². The smallest absolute Gasteiger partial charge is 0.342 e. The summed E-state index contributed by atoms with van der Waals surface area (Å²) in [5.41, 5.74) is 0.243. The maximum absolute atomic E-state index is 13.0. The van der Waals surface area contributed by atoms with Gasteiger partial charge in [0.05, 0.1) is 17.6 Å². The highest BCUT2D eigenvalue weighted by Gasteiger charge is 2.38. The van der Waals surface area contributed by atoms with Crippen molar-refractivity contribution in [2.45, 2.75) is 56.7 Å².